The van der Waals surface area contributed by atoms with Gasteiger partial charge in [0.2, 0.25) is 0 Å². The van der Waals surface area contributed by atoms with Crippen molar-refractivity contribution >= 4 is 72.6 Å². The summed E-state index contributed by atoms with van der Waals surface area (Å²) >= 11 is 0. The number of rotatable bonds is 6. The number of aromatic nitrogens is 1. The number of benzene rings is 9. The van der Waals surface area contributed by atoms with E-state index in [9.17, 15) is 0 Å². The van der Waals surface area contributed by atoms with Gasteiger partial charge in [-0.05, 0) is 86.6 Å². The number of fused-ring (bicyclic) bond motifs is 9. The van der Waals surface area contributed by atoms with Gasteiger partial charge in [0.25, 0.3) is 0 Å². The summed E-state index contributed by atoms with van der Waals surface area (Å²) in [6.07, 6.45) is 4.58. The van der Waals surface area contributed by atoms with Crippen LogP contribution < -0.4 is 4.90 Å². The lowest BCUT2D eigenvalue weighted by atomic mass is 9.81. The molecule has 0 amide bonds. The average molecular weight is 729 g/mol. The Morgan fingerprint density at radius 1 is 0.439 bits per heavy atom. The summed E-state index contributed by atoms with van der Waals surface area (Å²) in [5.41, 5.74) is 14.9. The first-order valence-electron chi connectivity index (χ1n) is 19.9. The fourth-order valence-electron chi connectivity index (χ4n) is 9.62. The van der Waals surface area contributed by atoms with E-state index < -0.39 is 0 Å². The molecule has 0 fully saturated rings. The maximum atomic E-state index is 2.50. The molecular weight excluding hydrogens is 689 g/mol. The van der Waals surface area contributed by atoms with Crippen LogP contribution in [-0.2, 0) is 5.41 Å². The molecule has 1 heterocycles. The van der Waals surface area contributed by atoms with Crippen LogP contribution in [0.5, 0.6) is 0 Å². The van der Waals surface area contributed by atoms with Crippen LogP contribution in [0.4, 0.5) is 17.1 Å². The zero-order valence-corrected chi connectivity index (χ0v) is 32.0. The minimum atomic E-state index is -0.124. The molecule has 2 heteroatoms. The van der Waals surface area contributed by atoms with E-state index in [1.54, 1.807) is 0 Å². The second kappa shape index (κ2) is 13.0. The van der Waals surface area contributed by atoms with Crippen LogP contribution >= 0.6 is 0 Å². The van der Waals surface area contributed by atoms with E-state index in [1.807, 2.05) is 0 Å². The van der Waals surface area contributed by atoms with Crippen LogP contribution in [0.1, 0.15) is 36.1 Å². The molecule has 10 aromatic rings. The minimum Gasteiger partial charge on any atom is -0.309 e. The molecule has 0 aliphatic heterocycles. The van der Waals surface area contributed by atoms with Gasteiger partial charge in [0, 0.05) is 44.0 Å². The van der Waals surface area contributed by atoms with Crippen molar-refractivity contribution in [2.75, 3.05) is 4.90 Å². The van der Waals surface area contributed by atoms with Crippen molar-refractivity contribution in [2.45, 2.75) is 19.3 Å². The van der Waals surface area contributed by atoms with Gasteiger partial charge >= 0.3 is 0 Å². The predicted molar refractivity (Wildman–Crippen MR) is 243 cm³/mol. The van der Waals surface area contributed by atoms with E-state index >= 15 is 0 Å². The van der Waals surface area contributed by atoms with Gasteiger partial charge in [0.05, 0.1) is 16.7 Å². The fourth-order valence-corrected chi connectivity index (χ4v) is 9.62. The molecule has 9 aromatic carbocycles. The largest absolute Gasteiger partial charge is 0.309 e. The maximum absolute atomic E-state index is 2.50. The molecule has 270 valence electrons. The second-order valence-electron chi connectivity index (χ2n) is 15.7. The SMILES string of the molecule is CC1(C)c2ccccc2-c2ccc3c4ccccc4n(-c4ccc(/C=C/c5c6ccccc6c(N(c6ccccc6)c6ccccc6)c6ccccc56)cc4)c3c21. The van der Waals surface area contributed by atoms with E-state index in [1.165, 1.54) is 82.5 Å². The highest BCUT2D eigenvalue weighted by Crippen LogP contribution is 2.53. The van der Waals surface area contributed by atoms with E-state index in [2.05, 4.69) is 230 Å². The standard InChI is InChI=1S/C55H40N2/c1-55(2)50-27-15-13-23-44(50)46-35-36-49-45-24-14-16-28-51(45)57(54(49)52(46)55)40-32-29-37(30-33-40)31-34-43-41-21-9-11-25-47(41)53(48-26-12-10-22-42(43)48)56(38-17-5-3-6-18-38)39-19-7-4-8-20-39/h3-36H,1-2H3/b34-31+. The highest BCUT2D eigenvalue weighted by atomic mass is 15.1. The Labute approximate surface area is 333 Å². The van der Waals surface area contributed by atoms with Gasteiger partial charge in [0.15, 0.2) is 0 Å². The highest BCUT2D eigenvalue weighted by molar-refractivity contribution is 6.19. The van der Waals surface area contributed by atoms with Crippen molar-refractivity contribution in [3.63, 3.8) is 0 Å². The van der Waals surface area contributed by atoms with Crippen LogP contribution in [0.3, 0.4) is 0 Å². The molecule has 0 saturated carbocycles. The van der Waals surface area contributed by atoms with Crippen LogP contribution in [0.25, 0.3) is 72.3 Å². The Morgan fingerprint density at radius 3 is 1.63 bits per heavy atom. The Balaban J connectivity index is 1.05. The number of hydrogen-bond acceptors (Lipinski definition) is 1. The molecule has 1 aliphatic carbocycles. The van der Waals surface area contributed by atoms with Gasteiger partial charge in [-0.1, -0.05) is 178 Å². The van der Waals surface area contributed by atoms with Crippen LogP contribution in [-0.4, -0.2) is 4.57 Å². The summed E-state index contributed by atoms with van der Waals surface area (Å²) in [6, 6.07) is 70.7. The van der Waals surface area contributed by atoms with E-state index in [4.69, 9.17) is 0 Å². The number of hydrogen-bond donors (Lipinski definition) is 0. The fraction of sp³-hybridized carbons (Fsp3) is 0.0545. The van der Waals surface area contributed by atoms with Crippen molar-refractivity contribution in [1.29, 1.82) is 0 Å². The molecule has 57 heavy (non-hydrogen) atoms. The lowest BCUT2D eigenvalue weighted by molar-refractivity contribution is 0.664. The maximum Gasteiger partial charge on any atom is 0.0618 e. The van der Waals surface area contributed by atoms with Gasteiger partial charge in [-0.25, -0.2) is 0 Å². The summed E-state index contributed by atoms with van der Waals surface area (Å²) in [5, 5.41) is 7.45. The first-order valence-corrected chi connectivity index (χ1v) is 19.9. The van der Waals surface area contributed by atoms with Crippen LogP contribution in [0.2, 0.25) is 0 Å². The smallest absolute Gasteiger partial charge is 0.0618 e. The average Bonchev–Trinajstić information content (AvgIpc) is 3.72. The van der Waals surface area contributed by atoms with Crippen molar-refractivity contribution in [3.05, 3.63) is 216 Å². The van der Waals surface area contributed by atoms with Gasteiger partial charge in [-0.15, -0.1) is 0 Å². The monoisotopic (exact) mass is 728 g/mol. The molecule has 0 bridgehead atoms. The van der Waals surface area contributed by atoms with E-state index in [-0.39, 0.29) is 5.41 Å². The number of nitrogens with zero attached hydrogens (tertiary/aromatic N) is 2. The van der Waals surface area contributed by atoms with Gasteiger partial charge in [-0.2, -0.15) is 0 Å². The van der Waals surface area contributed by atoms with Gasteiger partial charge < -0.3 is 9.47 Å². The Hall–Kier alpha value is -7.16. The van der Waals surface area contributed by atoms with Crippen LogP contribution in [0.15, 0.2) is 194 Å². The molecule has 0 radical (unpaired) electrons. The first kappa shape index (κ1) is 33.2. The zero-order valence-electron chi connectivity index (χ0n) is 32.0. The second-order valence-corrected chi connectivity index (χ2v) is 15.7. The molecule has 0 unspecified atom stereocenters. The molecule has 0 N–H and O–H groups in total. The predicted octanol–water partition coefficient (Wildman–Crippen LogP) is 15.0. The van der Waals surface area contributed by atoms with Gasteiger partial charge in [0.1, 0.15) is 0 Å². The zero-order chi connectivity index (χ0) is 38.1. The Morgan fingerprint density at radius 2 is 0.982 bits per heavy atom. The molecule has 1 aliphatic rings. The Kier molecular flexibility index (Phi) is 7.55. The normalized spacial score (nSPS) is 13.2. The third-order valence-electron chi connectivity index (χ3n) is 12.1. The first-order chi connectivity index (χ1) is 28.1. The number of para-hydroxylation sites is 3. The van der Waals surface area contributed by atoms with Crippen molar-refractivity contribution in [3.8, 4) is 16.8 Å². The summed E-state index contributed by atoms with van der Waals surface area (Å²) in [5.74, 6) is 0. The lowest BCUT2D eigenvalue weighted by Crippen LogP contribution is -2.16. The molecule has 2 nitrogen and oxygen atoms in total. The summed E-state index contributed by atoms with van der Waals surface area (Å²) in [7, 11) is 0. The summed E-state index contributed by atoms with van der Waals surface area (Å²) in [4.78, 5) is 2.40. The molecule has 0 atom stereocenters. The third kappa shape index (κ3) is 5.11. The lowest BCUT2D eigenvalue weighted by Gasteiger charge is -2.29. The van der Waals surface area contributed by atoms with E-state index in [0.29, 0.717) is 0 Å². The molecular formula is C55H40N2. The minimum absolute atomic E-state index is 0.124. The summed E-state index contributed by atoms with van der Waals surface area (Å²) < 4.78 is 2.50. The molecule has 0 spiro atoms. The highest BCUT2D eigenvalue weighted by Gasteiger charge is 2.38. The molecule has 0 saturated heterocycles. The number of anilines is 3. The quantitative estimate of drug-likeness (QED) is 0.122. The van der Waals surface area contributed by atoms with Crippen molar-refractivity contribution < 1.29 is 0 Å². The van der Waals surface area contributed by atoms with Gasteiger partial charge in [-0.3, -0.25) is 0 Å². The van der Waals surface area contributed by atoms with Crippen LogP contribution in [0, 0.1) is 0 Å². The van der Waals surface area contributed by atoms with Crippen molar-refractivity contribution in [1.82, 2.24) is 4.57 Å². The molecule has 1 aromatic heterocycles. The molecule has 11 rings (SSSR count). The summed E-state index contributed by atoms with van der Waals surface area (Å²) in [6.45, 7) is 4.77. The Bertz CT molecular complexity index is 3090. The van der Waals surface area contributed by atoms with E-state index in [0.717, 1.165) is 16.9 Å². The third-order valence-corrected chi connectivity index (χ3v) is 12.1. The van der Waals surface area contributed by atoms with Crippen molar-refractivity contribution in [2.24, 2.45) is 0 Å². The topological polar surface area (TPSA) is 8.17 Å².